The second kappa shape index (κ2) is 4.05. The Bertz CT molecular complexity index is 655. The van der Waals surface area contributed by atoms with Crippen LogP contribution in [0.3, 0.4) is 0 Å². The van der Waals surface area contributed by atoms with Gasteiger partial charge in [-0.05, 0) is 25.5 Å². The maximum absolute atomic E-state index is 11.9. The number of hydrogen-bond acceptors (Lipinski definition) is 2. The van der Waals surface area contributed by atoms with Gasteiger partial charge in [0, 0.05) is 18.0 Å². The van der Waals surface area contributed by atoms with Gasteiger partial charge in [0.25, 0.3) is 0 Å². The van der Waals surface area contributed by atoms with Crippen LogP contribution in [0.4, 0.5) is 0 Å². The van der Waals surface area contributed by atoms with Crippen molar-refractivity contribution in [1.29, 1.82) is 0 Å². The van der Waals surface area contributed by atoms with Crippen molar-refractivity contribution in [2.24, 2.45) is 0 Å². The lowest BCUT2D eigenvalue weighted by molar-refractivity contribution is 0.0685. The second-order valence-corrected chi connectivity index (χ2v) is 3.91. The van der Waals surface area contributed by atoms with Gasteiger partial charge in [0.1, 0.15) is 5.69 Å². The molecule has 2 aromatic rings. The zero-order chi connectivity index (χ0) is 12.6. The summed E-state index contributed by atoms with van der Waals surface area (Å²) in [5.74, 6) is -1.08. The molecule has 0 saturated carbocycles. The van der Waals surface area contributed by atoms with E-state index in [1.807, 2.05) is 26.0 Å². The Labute approximate surface area is 98.1 Å². The number of carboxylic acid groups (broad SMARTS) is 1. The lowest BCUT2D eigenvalue weighted by Gasteiger charge is -2.13. The summed E-state index contributed by atoms with van der Waals surface area (Å²) < 4.78 is 1.64. The van der Waals surface area contributed by atoms with Crippen molar-refractivity contribution in [3.05, 3.63) is 45.7 Å². The van der Waals surface area contributed by atoms with Crippen molar-refractivity contribution >= 4 is 16.9 Å². The van der Waals surface area contributed by atoms with Crippen LogP contribution in [-0.2, 0) is 6.54 Å². The van der Waals surface area contributed by atoms with Crippen LogP contribution in [0.25, 0.3) is 10.9 Å². The number of aromatic carboxylic acids is 1. The number of carbonyl (C=O) groups is 1. The quantitative estimate of drug-likeness (QED) is 0.860. The molecule has 4 heteroatoms. The minimum Gasteiger partial charge on any atom is -0.477 e. The van der Waals surface area contributed by atoms with Gasteiger partial charge in [0.2, 0.25) is 0 Å². The van der Waals surface area contributed by atoms with E-state index in [4.69, 9.17) is 5.11 Å². The van der Waals surface area contributed by atoms with Crippen molar-refractivity contribution in [2.45, 2.75) is 20.4 Å². The van der Waals surface area contributed by atoms with E-state index < -0.39 is 5.97 Å². The topological polar surface area (TPSA) is 59.3 Å². The van der Waals surface area contributed by atoms with Gasteiger partial charge in [0.15, 0.2) is 5.43 Å². The molecule has 0 aliphatic rings. The highest BCUT2D eigenvalue weighted by atomic mass is 16.4. The molecule has 1 heterocycles. The van der Waals surface area contributed by atoms with Gasteiger partial charge in [-0.3, -0.25) is 4.79 Å². The maximum Gasteiger partial charge on any atom is 0.352 e. The van der Waals surface area contributed by atoms with E-state index in [2.05, 4.69) is 0 Å². The molecule has 0 aliphatic carbocycles. The molecule has 0 spiro atoms. The molecule has 0 radical (unpaired) electrons. The summed E-state index contributed by atoms with van der Waals surface area (Å²) in [5.41, 5.74) is 1.35. The summed E-state index contributed by atoms with van der Waals surface area (Å²) in [4.78, 5) is 23.0. The third-order valence-corrected chi connectivity index (χ3v) is 2.88. The zero-order valence-corrected chi connectivity index (χ0v) is 9.73. The van der Waals surface area contributed by atoms with Crippen molar-refractivity contribution in [3.63, 3.8) is 0 Å². The van der Waals surface area contributed by atoms with Crippen LogP contribution in [0.5, 0.6) is 0 Å². The molecule has 0 fully saturated rings. The van der Waals surface area contributed by atoms with Crippen LogP contribution in [0.2, 0.25) is 0 Å². The molecule has 2 rings (SSSR count). The molecule has 1 aromatic heterocycles. The smallest absolute Gasteiger partial charge is 0.352 e. The van der Waals surface area contributed by atoms with E-state index in [1.54, 1.807) is 10.6 Å². The molecule has 1 aromatic carbocycles. The van der Waals surface area contributed by atoms with Gasteiger partial charge in [-0.15, -0.1) is 0 Å². The van der Waals surface area contributed by atoms with Crippen molar-refractivity contribution in [2.75, 3.05) is 0 Å². The highest BCUT2D eigenvalue weighted by Crippen LogP contribution is 2.16. The summed E-state index contributed by atoms with van der Waals surface area (Å²) in [6, 6.07) is 6.65. The average molecular weight is 231 g/mol. The van der Waals surface area contributed by atoms with Crippen LogP contribution in [-0.4, -0.2) is 15.6 Å². The standard InChI is InChI=1S/C13H13NO3/c1-3-14-9-6-4-5-8(2)12(9)11(15)7-10(14)13(16)17/h4-7H,3H2,1-2H3,(H,16,17). The molecule has 1 N–H and O–H groups in total. The molecule has 0 aliphatic heterocycles. The third-order valence-electron chi connectivity index (χ3n) is 2.88. The lowest BCUT2D eigenvalue weighted by atomic mass is 10.1. The Hall–Kier alpha value is -2.10. The number of carboxylic acids is 1. The molecule has 4 nitrogen and oxygen atoms in total. The number of aromatic nitrogens is 1. The number of benzene rings is 1. The Balaban J connectivity index is 3.01. The monoisotopic (exact) mass is 231 g/mol. The van der Waals surface area contributed by atoms with E-state index >= 15 is 0 Å². The fourth-order valence-electron chi connectivity index (χ4n) is 2.12. The summed E-state index contributed by atoms with van der Waals surface area (Å²) in [5, 5.41) is 9.69. The van der Waals surface area contributed by atoms with Gasteiger partial charge in [-0.2, -0.15) is 0 Å². The highest BCUT2D eigenvalue weighted by molar-refractivity contribution is 5.91. The fraction of sp³-hybridized carbons (Fsp3) is 0.231. The van der Waals surface area contributed by atoms with Gasteiger partial charge in [-0.1, -0.05) is 12.1 Å². The molecule has 0 bridgehead atoms. The second-order valence-electron chi connectivity index (χ2n) is 3.91. The predicted octanol–water partition coefficient (Wildman–Crippen LogP) is 2.03. The number of hydrogen-bond donors (Lipinski definition) is 1. The molecule has 0 unspecified atom stereocenters. The first kappa shape index (κ1) is 11.4. The molecule has 0 saturated heterocycles. The van der Waals surface area contributed by atoms with Crippen LogP contribution in [0, 0.1) is 6.92 Å². The molecule has 0 atom stereocenters. The first-order valence-electron chi connectivity index (χ1n) is 5.42. The fourth-order valence-corrected chi connectivity index (χ4v) is 2.12. The summed E-state index contributed by atoms with van der Waals surface area (Å²) in [6.45, 7) is 4.23. The first-order chi connectivity index (χ1) is 8.06. The van der Waals surface area contributed by atoms with E-state index in [-0.39, 0.29) is 11.1 Å². The number of aryl methyl sites for hydroxylation is 2. The van der Waals surface area contributed by atoms with Crippen LogP contribution < -0.4 is 5.43 Å². The Morgan fingerprint density at radius 2 is 2.12 bits per heavy atom. The van der Waals surface area contributed by atoms with E-state index in [0.717, 1.165) is 5.56 Å². The Kier molecular flexibility index (Phi) is 2.71. The van der Waals surface area contributed by atoms with Crippen LogP contribution in [0.1, 0.15) is 23.0 Å². The minimum absolute atomic E-state index is 0.0376. The van der Waals surface area contributed by atoms with Crippen molar-refractivity contribution in [1.82, 2.24) is 4.57 Å². The van der Waals surface area contributed by atoms with Gasteiger partial charge in [0.05, 0.1) is 5.52 Å². The maximum atomic E-state index is 11.9. The number of pyridine rings is 1. The largest absolute Gasteiger partial charge is 0.477 e. The number of nitrogens with zero attached hydrogens (tertiary/aromatic N) is 1. The highest BCUT2D eigenvalue weighted by Gasteiger charge is 2.14. The zero-order valence-electron chi connectivity index (χ0n) is 9.73. The number of fused-ring (bicyclic) bond motifs is 1. The van der Waals surface area contributed by atoms with E-state index in [9.17, 15) is 9.59 Å². The van der Waals surface area contributed by atoms with Gasteiger partial charge < -0.3 is 9.67 Å². The number of rotatable bonds is 2. The molecule has 0 amide bonds. The van der Waals surface area contributed by atoms with Crippen LogP contribution >= 0.6 is 0 Å². The molecular formula is C13H13NO3. The normalized spacial score (nSPS) is 10.7. The lowest BCUT2D eigenvalue weighted by Crippen LogP contribution is -2.18. The third kappa shape index (κ3) is 1.71. The minimum atomic E-state index is -1.08. The predicted molar refractivity (Wildman–Crippen MR) is 65.6 cm³/mol. The average Bonchev–Trinajstić information content (AvgIpc) is 2.28. The first-order valence-corrected chi connectivity index (χ1v) is 5.42. The van der Waals surface area contributed by atoms with Crippen molar-refractivity contribution in [3.8, 4) is 0 Å². The Morgan fingerprint density at radius 3 is 2.71 bits per heavy atom. The molecule has 17 heavy (non-hydrogen) atoms. The molecule has 88 valence electrons. The summed E-state index contributed by atoms with van der Waals surface area (Å²) in [6.07, 6.45) is 0. The summed E-state index contributed by atoms with van der Waals surface area (Å²) >= 11 is 0. The van der Waals surface area contributed by atoms with E-state index in [1.165, 1.54) is 6.07 Å². The van der Waals surface area contributed by atoms with E-state index in [0.29, 0.717) is 17.4 Å². The SMILES string of the molecule is CCn1c(C(=O)O)cc(=O)c2c(C)cccc21. The van der Waals surface area contributed by atoms with Gasteiger partial charge >= 0.3 is 5.97 Å². The van der Waals surface area contributed by atoms with Crippen molar-refractivity contribution < 1.29 is 9.90 Å². The molecular weight excluding hydrogens is 218 g/mol. The summed E-state index contributed by atoms with van der Waals surface area (Å²) in [7, 11) is 0. The van der Waals surface area contributed by atoms with Gasteiger partial charge in [-0.25, -0.2) is 4.79 Å². The van der Waals surface area contributed by atoms with Crippen LogP contribution in [0.15, 0.2) is 29.1 Å². The Morgan fingerprint density at radius 1 is 1.41 bits per heavy atom.